The smallest absolute Gasteiger partial charge is 0.266 e. The van der Waals surface area contributed by atoms with Crippen molar-refractivity contribution in [2.24, 2.45) is 5.92 Å². The average Bonchev–Trinajstić information content (AvgIpc) is 3.00. The fraction of sp³-hybridized carbons (Fsp3) is 0.200. The van der Waals surface area contributed by atoms with Gasteiger partial charge in [-0.2, -0.15) is 0 Å². The summed E-state index contributed by atoms with van der Waals surface area (Å²) in [5, 5.41) is 11.4. The Kier molecular flexibility index (Phi) is 13.2. The van der Waals surface area contributed by atoms with Crippen molar-refractivity contribution in [3.8, 4) is 28.7 Å². The lowest BCUT2D eigenvalue weighted by Crippen LogP contribution is -2.52. The van der Waals surface area contributed by atoms with Gasteiger partial charge in [-0.15, -0.1) is 0 Å². The molecular weight excluding hydrogens is 1010 g/mol. The molecule has 79 heavy (non-hydrogen) atoms. The lowest BCUT2D eigenvalue weighted by Gasteiger charge is -2.37. The highest BCUT2D eigenvalue weighted by atomic mass is 28.3. The van der Waals surface area contributed by atoms with Crippen LogP contribution in [0.25, 0.3) is 0 Å². The maximum atomic E-state index is 16.4. The van der Waals surface area contributed by atoms with Gasteiger partial charge in [0.15, 0.2) is 17.1 Å². The third-order valence-corrected chi connectivity index (χ3v) is 20.6. The quantitative estimate of drug-likeness (QED) is 0.112. The van der Waals surface area contributed by atoms with Gasteiger partial charge in [0.1, 0.15) is 17.2 Å². The van der Waals surface area contributed by atoms with E-state index in [1.54, 1.807) is 57.0 Å². The number of hydrogen-bond donors (Lipinski definition) is 1. The van der Waals surface area contributed by atoms with Crippen LogP contribution in [0.4, 0.5) is 28.4 Å². The van der Waals surface area contributed by atoms with Crippen LogP contribution < -0.4 is 34.1 Å². The number of hydrogen-bond acceptors (Lipinski definition) is 9. The number of nitrogens with zero attached hydrogens (tertiary/aromatic N) is 4. The molecule has 8 aromatic carbocycles. The number of benzene rings is 8. The molecule has 396 valence electrons. The molecule has 1 spiro atoms. The Morgan fingerprint density at radius 2 is 1.19 bits per heavy atom. The van der Waals surface area contributed by atoms with E-state index in [2.05, 4.69) is 32.2 Å². The van der Waals surface area contributed by atoms with Crippen molar-refractivity contribution in [2.75, 3.05) is 35.0 Å². The van der Waals surface area contributed by atoms with Crippen LogP contribution in [0.3, 0.4) is 0 Å². The van der Waals surface area contributed by atoms with E-state index in [1.165, 1.54) is 0 Å². The minimum Gasteiger partial charge on any atom is -0.497 e. The van der Waals surface area contributed by atoms with Crippen molar-refractivity contribution in [1.29, 1.82) is 0 Å². The van der Waals surface area contributed by atoms with Gasteiger partial charge in [0, 0.05) is 35.9 Å². The Morgan fingerprint density at radius 3 is 1.80 bits per heavy atom. The first kappa shape index (κ1) is 51.0. The van der Waals surface area contributed by atoms with E-state index < -0.39 is 25.7 Å². The Balaban J connectivity index is 1.00. The van der Waals surface area contributed by atoms with Crippen LogP contribution in [-0.4, -0.2) is 68.1 Å². The number of anilines is 5. The van der Waals surface area contributed by atoms with Gasteiger partial charge in [-0.25, -0.2) is 0 Å². The summed E-state index contributed by atoms with van der Waals surface area (Å²) in [6.07, 6.45) is -0.836. The highest BCUT2D eigenvalue weighted by molar-refractivity contribution is 6.91. The first-order valence-corrected chi connectivity index (χ1v) is 29.7. The molecule has 4 aliphatic heterocycles. The number of rotatable bonds is 13. The molecule has 13 nitrogen and oxygen atoms in total. The predicted octanol–water partition coefficient (Wildman–Crippen LogP) is 12.0. The van der Waals surface area contributed by atoms with Crippen molar-refractivity contribution in [2.45, 2.75) is 56.8 Å². The number of carbonyl (C=O) groups is 4. The van der Waals surface area contributed by atoms with Crippen LogP contribution in [0.2, 0.25) is 18.6 Å². The molecule has 4 atom stereocenters. The van der Waals surface area contributed by atoms with Crippen LogP contribution in [0, 0.1) is 5.92 Å². The fourth-order valence-corrected chi connectivity index (χ4v) is 16.4. The molecule has 1 N–H and O–H groups in total. The number of methoxy groups -OCH3 is 1. The number of carbonyl (C=O) groups excluding carboxylic acids is 4. The molecular formula is C65H58N4O9Si. The molecule has 8 aromatic rings. The minimum absolute atomic E-state index is 0.0647. The summed E-state index contributed by atoms with van der Waals surface area (Å²) in [6.45, 7) is 6.83. The van der Waals surface area contributed by atoms with Gasteiger partial charge >= 0.3 is 0 Å². The van der Waals surface area contributed by atoms with Gasteiger partial charge in [-0.05, 0) is 108 Å². The molecule has 0 saturated carbocycles. The van der Waals surface area contributed by atoms with E-state index in [1.807, 2.05) is 152 Å². The minimum atomic E-state index is -2.79. The van der Waals surface area contributed by atoms with Gasteiger partial charge in [0.05, 0.1) is 69.0 Å². The van der Waals surface area contributed by atoms with Crippen molar-refractivity contribution >= 4 is 65.3 Å². The number of aliphatic hydroxyl groups is 1. The van der Waals surface area contributed by atoms with Crippen molar-refractivity contribution in [1.82, 2.24) is 4.90 Å². The van der Waals surface area contributed by atoms with Gasteiger partial charge in [-0.3, -0.25) is 29.0 Å². The Bertz CT molecular complexity index is 3680. The second-order valence-electron chi connectivity index (χ2n) is 21.1. The molecule has 0 aromatic heterocycles. The lowest BCUT2D eigenvalue weighted by atomic mass is 9.82. The molecule has 4 amide bonds. The number of aliphatic hydroxyl groups excluding tert-OH is 1. The van der Waals surface area contributed by atoms with Crippen LogP contribution >= 0.6 is 0 Å². The standard InChI is InChI=1S/C65H58N4O9Si/c1-42-61(79(3,4)48-32-30-47(75-2)31-33-48)59(39-60(71)66(35-36-70)40-43-17-6-5-7-18-43)78-65(42)51-38-46(69-54-24-11-15-28-58(54)77-56-26-13-9-22-50(56)63(69)73)29-34-52(51)67(64(65)74)41-44-19-16-20-45(37-44)68-53-23-10-14-27-57(53)76-55-25-12-8-21-49(55)62(68)72/h5-34,37-38,42,59,61,70H,35-36,39-41H2,1-4H3/t42-,59+,61-,65+/m1/s1. The van der Waals surface area contributed by atoms with Crippen molar-refractivity contribution < 1.29 is 43.2 Å². The molecule has 12 rings (SSSR count). The number of amides is 4. The predicted molar refractivity (Wildman–Crippen MR) is 306 cm³/mol. The summed E-state index contributed by atoms with van der Waals surface area (Å²) in [4.78, 5) is 67.8. The maximum Gasteiger partial charge on any atom is 0.266 e. The molecule has 1 fully saturated rings. The molecule has 4 heterocycles. The van der Waals surface area contributed by atoms with Crippen LogP contribution in [0.1, 0.15) is 50.8 Å². The van der Waals surface area contributed by atoms with Crippen molar-refractivity contribution in [3.05, 3.63) is 222 Å². The fourth-order valence-electron chi connectivity index (χ4n) is 12.4. The zero-order chi connectivity index (χ0) is 54.6. The Hall–Kier alpha value is -8.82. The van der Waals surface area contributed by atoms with E-state index in [0.29, 0.717) is 73.9 Å². The molecule has 0 radical (unpaired) electrons. The third kappa shape index (κ3) is 8.82. The summed E-state index contributed by atoms with van der Waals surface area (Å²) < 4.78 is 26.0. The molecule has 14 heteroatoms. The number of ether oxygens (including phenoxy) is 4. The molecule has 0 bridgehead atoms. The monoisotopic (exact) mass is 1070 g/mol. The average molecular weight is 1070 g/mol. The van der Waals surface area contributed by atoms with Crippen LogP contribution in [-0.2, 0) is 33.0 Å². The second-order valence-corrected chi connectivity index (χ2v) is 25.7. The lowest BCUT2D eigenvalue weighted by molar-refractivity contribution is -0.150. The first-order chi connectivity index (χ1) is 38.4. The van der Waals surface area contributed by atoms with E-state index in [4.69, 9.17) is 18.9 Å². The van der Waals surface area contributed by atoms with Gasteiger partial charge in [0.25, 0.3) is 17.7 Å². The molecule has 0 aliphatic carbocycles. The van der Waals surface area contributed by atoms with Crippen LogP contribution in [0.5, 0.6) is 28.7 Å². The maximum absolute atomic E-state index is 16.4. The van der Waals surface area contributed by atoms with E-state index in [9.17, 15) is 14.7 Å². The third-order valence-electron chi connectivity index (χ3n) is 16.2. The second kappa shape index (κ2) is 20.5. The summed E-state index contributed by atoms with van der Waals surface area (Å²) in [5.41, 5.74) is 3.71. The van der Waals surface area contributed by atoms with Gasteiger partial charge in [-0.1, -0.05) is 128 Å². The van der Waals surface area contributed by atoms with E-state index in [-0.39, 0.29) is 61.8 Å². The first-order valence-electron chi connectivity index (χ1n) is 26.6. The topological polar surface area (TPSA) is 138 Å². The Labute approximate surface area is 459 Å². The van der Waals surface area contributed by atoms with Crippen LogP contribution in [0.15, 0.2) is 194 Å². The number of fused-ring (bicyclic) bond motifs is 6. The zero-order valence-corrected chi connectivity index (χ0v) is 45.2. The van der Waals surface area contributed by atoms with Crippen molar-refractivity contribution in [3.63, 3.8) is 0 Å². The molecule has 0 unspecified atom stereocenters. The van der Waals surface area contributed by atoms with Gasteiger partial charge in [0.2, 0.25) is 5.91 Å². The van der Waals surface area contributed by atoms with E-state index in [0.717, 1.165) is 16.3 Å². The largest absolute Gasteiger partial charge is 0.497 e. The summed E-state index contributed by atoms with van der Waals surface area (Å²) in [7, 11) is -1.15. The highest BCUT2D eigenvalue weighted by Gasteiger charge is 2.67. The summed E-state index contributed by atoms with van der Waals surface area (Å²) in [6, 6.07) is 60.1. The SMILES string of the molecule is COc1ccc([Si](C)(C)[C@H]2[C@H](CC(=O)N(CCO)Cc3ccccc3)O[C@@]3(C(=O)N(Cc4cccc(N5C(=O)c6ccccc6Oc6ccccc65)c4)c4ccc(N5C(=O)c6ccccc6Oc6ccccc65)cc43)[C@@H]2C)cc1. The zero-order valence-electron chi connectivity index (χ0n) is 44.2. The summed E-state index contributed by atoms with van der Waals surface area (Å²) in [5.74, 6) is 0.923. The van der Waals surface area contributed by atoms with E-state index >= 15 is 9.59 Å². The highest BCUT2D eigenvalue weighted by Crippen LogP contribution is 2.61. The molecule has 4 aliphatic rings. The summed E-state index contributed by atoms with van der Waals surface area (Å²) >= 11 is 0. The van der Waals surface area contributed by atoms with Gasteiger partial charge < -0.3 is 33.9 Å². The molecule has 1 saturated heterocycles. The number of para-hydroxylation sites is 6. The normalized spacial score (nSPS) is 19.1. The Morgan fingerprint density at radius 1 is 0.633 bits per heavy atom.